The molecule has 0 aromatic heterocycles. The minimum atomic E-state index is 0. The zero-order valence-electron chi connectivity index (χ0n) is 15.3. The van der Waals surface area contributed by atoms with Crippen LogP contribution in [0.2, 0.25) is 0 Å². The monoisotopic (exact) mass is 361 g/mol. The van der Waals surface area contributed by atoms with E-state index < -0.39 is 0 Å². The van der Waals surface area contributed by atoms with Crippen molar-refractivity contribution in [3.8, 4) is 11.5 Å². The van der Waals surface area contributed by atoms with Crippen LogP contribution in [0.5, 0.6) is 11.5 Å². The first-order chi connectivity index (χ1) is 11.8. The Balaban J connectivity index is 0.00000225. The van der Waals surface area contributed by atoms with Gasteiger partial charge in [0.1, 0.15) is 0 Å². The van der Waals surface area contributed by atoms with Crippen LogP contribution in [0.4, 0.5) is 0 Å². The van der Waals surface area contributed by atoms with E-state index in [1.54, 1.807) is 14.2 Å². The molecule has 1 atom stereocenters. The highest BCUT2D eigenvalue weighted by atomic mass is 35.5. The van der Waals surface area contributed by atoms with Crippen molar-refractivity contribution in [1.29, 1.82) is 0 Å². The van der Waals surface area contributed by atoms with Gasteiger partial charge in [-0.15, -0.1) is 12.4 Å². The molecule has 3 nitrogen and oxygen atoms in total. The Morgan fingerprint density at radius 2 is 1.72 bits per heavy atom. The molecule has 0 N–H and O–H groups in total. The molecule has 3 rings (SSSR count). The third kappa shape index (κ3) is 4.28. The lowest BCUT2D eigenvalue weighted by molar-refractivity contribution is 0.183. The van der Waals surface area contributed by atoms with Gasteiger partial charge >= 0.3 is 0 Å². The summed E-state index contributed by atoms with van der Waals surface area (Å²) >= 11 is 0. The number of halogens is 1. The number of nitrogens with zero attached hydrogens (tertiary/aromatic N) is 1. The second-order valence-electron chi connectivity index (χ2n) is 6.40. The van der Waals surface area contributed by atoms with E-state index in [0.717, 1.165) is 37.4 Å². The molecule has 0 aliphatic carbocycles. The molecule has 2 aromatic rings. The van der Waals surface area contributed by atoms with Crippen molar-refractivity contribution in [1.82, 2.24) is 4.90 Å². The number of hydrogen-bond donors (Lipinski definition) is 0. The summed E-state index contributed by atoms with van der Waals surface area (Å²) in [6, 6.07) is 15.5. The van der Waals surface area contributed by atoms with Crippen LogP contribution in [0, 0.1) is 0 Å². The van der Waals surface area contributed by atoms with Crippen molar-refractivity contribution in [3.63, 3.8) is 0 Å². The molecule has 0 radical (unpaired) electrons. The lowest BCUT2D eigenvalue weighted by atomic mass is 9.88. The SMILES string of the molecule is CCCN1CCc2cc(OC)c(OC)cc2C1Cc1ccccc1.Cl. The normalized spacial score (nSPS) is 16.7. The van der Waals surface area contributed by atoms with Gasteiger partial charge in [-0.1, -0.05) is 37.3 Å². The van der Waals surface area contributed by atoms with Crippen molar-refractivity contribution in [2.75, 3.05) is 27.3 Å². The Morgan fingerprint density at radius 1 is 1.04 bits per heavy atom. The van der Waals surface area contributed by atoms with Gasteiger partial charge in [-0.3, -0.25) is 4.90 Å². The van der Waals surface area contributed by atoms with Crippen LogP contribution in [0.15, 0.2) is 42.5 Å². The zero-order chi connectivity index (χ0) is 16.9. The Bertz CT molecular complexity index is 675. The molecule has 2 aromatic carbocycles. The first-order valence-electron chi connectivity index (χ1n) is 8.79. The average Bonchev–Trinajstić information content (AvgIpc) is 2.63. The Kier molecular flexibility index (Phi) is 7.15. The van der Waals surface area contributed by atoms with Crippen LogP contribution in [0.25, 0.3) is 0 Å². The van der Waals surface area contributed by atoms with Crippen molar-refractivity contribution >= 4 is 12.4 Å². The van der Waals surface area contributed by atoms with Gasteiger partial charge in [-0.2, -0.15) is 0 Å². The third-order valence-electron chi connectivity index (χ3n) is 4.90. The number of methoxy groups -OCH3 is 2. The Labute approximate surface area is 157 Å². The number of benzene rings is 2. The van der Waals surface area contributed by atoms with Gasteiger partial charge in [0.05, 0.1) is 14.2 Å². The number of fused-ring (bicyclic) bond motifs is 1. The molecule has 0 amide bonds. The molecule has 0 saturated carbocycles. The van der Waals surface area contributed by atoms with Crippen molar-refractivity contribution in [2.45, 2.75) is 32.2 Å². The molecular weight excluding hydrogens is 334 g/mol. The summed E-state index contributed by atoms with van der Waals surface area (Å²) in [5.41, 5.74) is 4.16. The molecule has 25 heavy (non-hydrogen) atoms. The van der Waals surface area contributed by atoms with Gasteiger partial charge in [-0.05, 0) is 54.6 Å². The highest BCUT2D eigenvalue weighted by molar-refractivity contribution is 5.85. The van der Waals surface area contributed by atoms with Crippen LogP contribution in [0.1, 0.15) is 36.1 Å². The van der Waals surface area contributed by atoms with Gasteiger partial charge in [0, 0.05) is 12.6 Å². The van der Waals surface area contributed by atoms with Gasteiger partial charge in [0.15, 0.2) is 11.5 Å². The summed E-state index contributed by atoms with van der Waals surface area (Å²) in [5.74, 6) is 1.66. The molecule has 0 spiro atoms. The molecule has 4 heteroatoms. The first kappa shape index (κ1) is 19.6. The standard InChI is InChI=1S/C21H27NO2.ClH/c1-4-11-22-12-10-17-14-20(23-2)21(24-3)15-18(17)19(22)13-16-8-6-5-7-9-16;/h5-9,14-15,19H,4,10-13H2,1-3H3;1H. The van der Waals surface area contributed by atoms with E-state index >= 15 is 0 Å². The van der Waals surface area contributed by atoms with E-state index in [4.69, 9.17) is 9.47 Å². The third-order valence-corrected chi connectivity index (χ3v) is 4.90. The first-order valence-corrected chi connectivity index (χ1v) is 8.79. The molecule has 0 saturated heterocycles. The number of rotatable bonds is 6. The van der Waals surface area contributed by atoms with E-state index in [-0.39, 0.29) is 12.4 Å². The molecular formula is C21H28ClNO2. The van der Waals surface area contributed by atoms with Gasteiger partial charge in [0.2, 0.25) is 0 Å². The molecule has 0 fully saturated rings. The van der Waals surface area contributed by atoms with Crippen LogP contribution in [0.3, 0.4) is 0 Å². The second kappa shape index (κ2) is 9.12. The minimum Gasteiger partial charge on any atom is -0.493 e. The molecule has 1 aliphatic rings. The fourth-order valence-electron chi connectivity index (χ4n) is 3.71. The van der Waals surface area contributed by atoms with Crippen molar-refractivity contribution in [2.24, 2.45) is 0 Å². The topological polar surface area (TPSA) is 21.7 Å². The highest BCUT2D eigenvalue weighted by Gasteiger charge is 2.28. The van der Waals surface area contributed by atoms with Crippen LogP contribution < -0.4 is 9.47 Å². The van der Waals surface area contributed by atoms with Crippen LogP contribution in [-0.4, -0.2) is 32.2 Å². The average molecular weight is 362 g/mol. The summed E-state index contributed by atoms with van der Waals surface area (Å²) in [4.78, 5) is 2.61. The van der Waals surface area contributed by atoms with Crippen molar-refractivity contribution < 1.29 is 9.47 Å². The van der Waals surface area contributed by atoms with E-state index in [2.05, 4.69) is 54.3 Å². The maximum atomic E-state index is 5.55. The summed E-state index contributed by atoms with van der Waals surface area (Å²) in [6.45, 7) is 4.49. The fraction of sp³-hybridized carbons (Fsp3) is 0.429. The van der Waals surface area contributed by atoms with Crippen molar-refractivity contribution in [3.05, 3.63) is 59.2 Å². The smallest absolute Gasteiger partial charge is 0.161 e. The lowest BCUT2D eigenvalue weighted by Crippen LogP contribution is -2.37. The molecule has 136 valence electrons. The Morgan fingerprint density at radius 3 is 2.36 bits per heavy atom. The van der Waals surface area contributed by atoms with E-state index in [0.29, 0.717) is 6.04 Å². The van der Waals surface area contributed by atoms with Crippen LogP contribution in [-0.2, 0) is 12.8 Å². The van der Waals surface area contributed by atoms with E-state index in [1.165, 1.54) is 23.1 Å². The molecule has 0 bridgehead atoms. The maximum absolute atomic E-state index is 5.55. The summed E-state index contributed by atoms with van der Waals surface area (Å²) in [7, 11) is 3.42. The zero-order valence-corrected chi connectivity index (χ0v) is 16.1. The lowest BCUT2D eigenvalue weighted by Gasteiger charge is -2.38. The maximum Gasteiger partial charge on any atom is 0.161 e. The highest BCUT2D eigenvalue weighted by Crippen LogP contribution is 2.39. The fourth-order valence-corrected chi connectivity index (χ4v) is 3.71. The van der Waals surface area contributed by atoms with Gasteiger partial charge in [-0.25, -0.2) is 0 Å². The van der Waals surface area contributed by atoms with E-state index in [1.807, 2.05) is 0 Å². The predicted octanol–water partition coefficient (Wildman–Crippen LogP) is 4.68. The number of ether oxygens (including phenoxy) is 2. The summed E-state index contributed by atoms with van der Waals surface area (Å²) in [6.07, 6.45) is 3.28. The predicted molar refractivity (Wildman–Crippen MR) is 105 cm³/mol. The van der Waals surface area contributed by atoms with Gasteiger partial charge < -0.3 is 9.47 Å². The Hall–Kier alpha value is -1.71. The summed E-state index contributed by atoms with van der Waals surface area (Å²) < 4.78 is 11.0. The second-order valence-corrected chi connectivity index (χ2v) is 6.40. The molecule has 1 unspecified atom stereocenters. The largest absolute Gasteiger partial charge is 0.493 e. The summed E-state index contributed by atoms with van der Waals surface area (Å²) in [5, 5.41) is 0. The van der Waals surface area contributed by atoms with E-state index in [9.17, 15) is 0 Å². The van der Waals surface area contributed by atoms with Crippen LogP contribution >= 0.6 is 12.4 Å². The number of hydrogen-bond acceptors (Lipinski definition) is 3. The quantitative estimate of drug-likeness (QED) is 0.745. The van der Waals surface area contributed by atoms with Gasteiger partial charge in [0.25, 0.3) is 0 Å². The molecule has 1 aliphatic heterocycles. The molecule has 1 heterocycles. The minimum absolute atomic E-state index is 0.